The summed E-state index contributed by atoms with van der Waals surface area (Å²) < 4.78 is 0. The topological polar surface area (TPSA) is 95.1 Å². The number of nitrogens with one attached hydrogen (secondary N) is 2. The molecular weight excluding hydrogens is 234 g/mol. The summed E-state index contributed by atoms with van der Waals surface area (Å²) in [4.78, 5) is 22.4. The van der Waals surface area contributed by atoms with Crippen LogP contribution in [0.1, 0.15) is 37.2 Å². The molecule has 1 aromatic heterocycles. The third-order valence-corrected chi connectivity index (χ3v) is 2.56. The molecule has 3 N–H and O–H groups in total. The van der Waals surface area contributed by atoms with Crippen molar-refractivity contribution in [3.8, 4) is 0 Å². The molecule has 6 nitrogen and oxygen atoms in total. The van der Waals surface area contributed by atoms with E-state index in [2.05, 4.69) is 15.5 Å². The van der Waals surface area contributed by atoms with Gasteiger partial charge in [0.1, 0.15) is 5.69 Å². The van der Waals surface area contributed by atoms with E-state index in [0.29, 0.717) is 18.2 Å². The second-order valence-electron chi connectivity index (χ2n) is 4.77. The molecule has 0 saturated carbocycles. The highest BCUT2D eigenvalue weighted by Gasteiger charge is 2.16. The molecule has 1 amide bonds. The van der Waals surface area contributed by atoms with E-state index >= 15 is 0 Å². The molecule has 1 rings (SSSR count). The van der Waals surface area contributed by atoms with Gasteiger partial charge in [-0.2, -0.15) is 5.10 Å². The van der Waals surface area contributed by atoms with Gasteiger partial charge in [0.2, 0.25) is 0 Å². The molecule has 1 heterocycles. The fraction of sp³-hybridized carbons (Fsp3) is 0.583. The Balaban J connectivity index is 2.45. The van der Waals surface area contributed by atoms with Crippen LogP contribution in [0.4, 0.5) is 0 Å². The van der Waals surface area contributed by atoms with Gasteiger partial charge < -0.3 is 10.4 Å². The maximum Gasteiger partial charge on any atom is 0.303 e. The maximum absolute atomic E-state index is 11.7. The van der Waals surface area contributed by atoms with Gasteiger partial charge in [-0.05, 0) is 24.3 Å². The molecule has 0 aliphatic carbocycles. The molecule has 1 atom stereocenters. The Morgan fingerprint density at radius 1 is 1.50 bits per heavy atom. The number of amides is 1. The number of hydrogen-bond donors (Lipinski definition) is 3. The van der Waals surface area contributed by atoms with E-state index in [1.807, 2.05) is 13.8 Å². The first-order chi connectivity index (χ1) is 8.49. The lowest BCUT2D eigenvalue weighted by Gasteiger charge is -2.17. The van der Waals surface area contributed by atoms with Gasteiger partial charge in [0.15, 0.2) is 0 Å². The number of carboxylic acid groups (broad SMARTS) is 1. The minimum atomic E-state index is -0.837. The summed E-state index contributed by atoms with van der Waals surface area (Å²) in [5.74, 6) is -0.740. The van der Waals surface area contributed by atoms with E-state index in [9.17, 15) is 9.59 Å². The number of aromatic amines is 1. The van der Waals surface area contributed by atoms with Crippen LogP contribution in [0.15, 0.2) is 12.3 Å². The highest BCUT2D eigenvalue weighted by molar-refractivity contribution is 5.92. The zero-order valence-corrected chi connectivity index (χ0v) is 10.6. The van der Waals surface area contributed by atoms with Crippen LogP contribution in [-0.4, -0.2) is 33.7 Å². The van der Waals surface area contributed by atoms with Crippen LogP contribution < -0.4 is 5.32 Å². The molecule has 0 aliphatic heterocycles. The van der Waals surface area contributed by atoms with Crippen molar-refractivity contribution in [1.29, 1.82) is 0 Å². The van der Waals surface area contributed by atoms with Crippen LogP contribution in [-0.2, 0) is 4.79 Å². The summed E-state index contributed by atoms with van der Waals surface area (Å²) in [7, 11) is 0. The summed E-state index contributed by atoms with van der Waals surface area (Å²) >= 11 is 0. The molecule has 0 fully saturated rings. The van der Waals surface area contributed by atoms with Crippen molar-refractivity contribution in [2.45, 2.75) is 26.7 Å². The maximum atomic E-state index is 11.7. The largest absolute Gasteiger partial charge is 0.481 e. The van der Waals surface area contributed by atoms with Crippen LogP contribution in [0.5, 0.6) is 0 Å². The summed E-state index contributed by atoms with van der Waals surface area (Å²) in [5.41, 5.74) is 0.383. The molecule has 1 unspecified atom stereocenters. The first kappa shape index (κ1) is 14.2. The number of aromatic nitrogens is 2. The molecule has 6 heteroatoms. The van der Waals surface area contributed by atoms with Crippen molar-refractivity contribution in [2.24, 2.45) is 11.8 Å². The van der Waals surface area contributed by atoms with Crippen LogP contribution in [0.2, 0.25) is 0 Å². The number of hydrogen-bond acceptors (Lipinski definition) is 3. The second-order valence-corrected chi connectivity index (χ2v) is 4.77. The molecule has 100 valence electrons. The van der Waals surface area contributed by atoms with Gasteiger partial charge in [0.25, 0.3) is 5.91 Å². The SMILES string of the molecule is CC(C)CC(CNC(=O)c1ccn[nH]1)CC(=O)O. The second kappa shape index (κ2) is 6.78. The van der Waals surface area contributed by atoms with Crippen LogP contribution in [0.3, 0.4) is 0 Å². The zero-order chi connectivity index (χ0) is 13.5. The molecule has 0 radical (unpaired) electrons. The third-order valence-electron chi connectivity index (χ3n) is 2.56. The highest BCUT2D eigenvalue weighted by atomic mass is 16.4. The van der Waals surface area contributed by atoms with Crippen molar-refractivity contribution in [3.05, 3.63) is 18.0 Å². The lowest BCUT2D eigenvalue weighted by Crippen LogP contribution is -2.31. The molecule has 0 saturated heterocycles. The number of carbonyl (C=O) groups is 2. The number of rotatable bonds is 7. The van der Waals surface area contributed by atoms with Gasteiger partial charge in [-0.3, -0.25) is 14.7 Å². The van der Waals surface area contributed by atoms with Crippen molar-refractivity contribution in [1.82, 2.24) is 15.5 Å². The fourth-order valence-corrected chi connectivity index (χ4v) is 1.87. The number of carbonyl (C=O) groups excluding carboxylic acids is 1. The van der Waals surface area contributed by atoms with E-state index in [1.54, 1.807) is 6.07 Å². The van der Waals surface area contributed by atoms with Crippen LogP contribution in [0, 0.1) is 11.8 Å². The standard InChI is InChI=1S/C12H19N3O3/c1-8(2)5-9(6-11(16)17)7-13-12(18)10-3-4-14-15-10/h3-4,8-9H,5-7H2,1-2H3,(H,13,18)(H,14,15)(H,16,17). The normalized spacial score (nSPS) is 12.4. The predicted molar refractivity (Wildman–Crippen MR) is 66.1 cm³/mol. The quantitative estimate of drug-likeness (QED) is 0.682. The van der Waals surface area contributed by atoms with Gasteiger partial charge in [-0.15, -0.1) is 0 Å². The number of carboxylic acids is 1. The zero-order valence-electron chi connectivity index (χ0n) is 10.6. The number of nitrogens with zero attached hydrogens (tertiary/aromatic N) is 1. The highest BCUT2D eigenvalue weighted by Crippen LogP contribution is 2.14. The first-order valence-electron chi connectivity index (χ1n) is 5.98. The average molecular weight is 253 g/mol. The Morgan fingerprint density at radius 3 is 2.72 bits per heavy atom. The molecule has 18 heavy (non-hydrogen) atoms. The summed E-state index contributed by atoms with van der Waals surface area (Å²) in [6.07, 6.45) is 2.34. The monoisotopic (exact) mass is 253 g/mol. The van der Waals surface area contributed by atoms with Crippen LogP contribution in [0.25, 0.3) is 0 Å². The minimum Gasteiger partial charge on any atom is -0.481 e. The Hall–Kier alpha value is -1.85. The van der Waals surface area contributed by atoms with Gasteiger partial charge in [-0.1, -0.05) is 13.8 Å². The first-order valence-corrected chi connectivity index (χ1v) is 5.98. The van der Waals surface area contributed by atoms with E-state index < -0.39 is 5.97 Å². The van der Waals surface area contributed by atoms with Crippen molar-refractivity contribution < 1.29 is 14.7 Å². The van der Waals surface area contributed by atoms with E-state index in [0.717, 1.165) is 6.42 Å². The Morgan fingerprint density at radius 2 is 2.22 bits per heavy atom. The molecule has 0 aliphatic rings. The average Bonchev–Trinajstić information content (AvgIpc) is 2.77. The Bertz CT molecular complexity index is 387. The van der Waals surface area contributed by atoms with E-state index in [-0.39, 0.29) is 18.2 Å². The van der Waals surface area contributed by atoms with Gasteiger partial charge in [-0.25, -0.2) is 0 Å². The fourth-order valence-electron chi connectivity index (χ4n) is 1.87. The Kier molecular flexibility index (Phi) is 5.35. The van der Waals surface area contributed by atoms with Crippen molar-refractivity contribution >= 4 is 11.9 Å². The number of aliphatic carboxylic acids is 1. The van der Waals surface area contributed by atoms with Crippen molar-refractivity contribution in [2.75, 3.05) is 6.54 Å². The number of H-pyrrole nitrogens is 1. The molecule has 0 spiro atoms. The summed E-state index contributed by atoms with van der Waals surface area (Å²) in [5, 5.41) is 17.8. The van der Waals surface area contributed by atoms with Gasteiger partial charge in [0, 0.05) is 19.2 Å². The molecule has 1 aromatic rings. The summed E-state index contributed by atoms with van der Waals surface area (Å²) in [6, 6.07) is 1.57. The molecular formula is C12H19N3O3. The molecule has 0 aromatic carbocycles. The molecule has 0 bridgehead atoms. The lowest BCUT2D eigenvalue weighted by atomic mass is 9.94. The smallest absolute Gasteiger partial charge is 0.303 e. The minimum absolute atomic E-state index is 0.0469. The summed E-state index contributed by atoms with van der Waals surface area (Å²) in [6.45, 7) is 4.43. The van der Waals surface area contributed by atoms with E-state index in [4.69, 9.17) is 5.11 Å². The van der Waals surface area contributed by atoms with Crippen LogP contribution >= 0.6 is 0 Å². The van der Waals surface area contributed by atoms with E-state index in [1.165, 1.54) is 6.20 Å². The van der Waals surface area contributed by atoms with Gasteiger partial charge in [0.05, 0.1) is 0 Å². The third kappa shape index (κ3) is 4.99. The predicted octanol–water partition coefficient (Wildman–Crippen LogP) is 1.28. The Labute approximate surface area is 106 Å². The van der Waals surface area contributed by atoms with Crippen molar-refractivity contribution in [3.63, 3.8) is 0 Å². The van der Waals surface area contributed by atoms with Gasteiger partial charge >= 0.3 is 5.97 Å². The lowest BCUT2D eigenvalue weighted by molar-refractivity contribution is -0.138.